The molecule has 230 valence electrons. The summed E-state index contributed by atoms with van der Waals surface area (Å²) in [5, 5.41) is 0. The monoisotopic (exact) mass is 798 g/mol. The summed E-state index contributed by atoms with van der Waals surface area (Å²) in [6.07, 6.45) is -18.1. The molecule has 0 fully saturated rings. The van der Waals surface area contributed by atoms with Crippen molar-refractivity contribution in [1.82, 2.24) is 0 Å². The summed E-state index contributed by atoms with van der Waals surface area (Å²) in [7, 11) is 8.22. The van der Waals surface area contributed by atoms with Crippen molar-refractivity contribution >= 4 is 126 Å². The lowest BCUT2D eigenvalue weighted by Gasteiger charge is -2.13. The molecule has 26 heteroatoms. The van der Waals surface area contributed by atoms with Crippen LogP contribution < -0.4 is 0 Å². The van der Waals surface area contributed by atoms with Crippen molar-refractivity contribution in [2.24, 2.45) is 0 Å². The number of hydrogen-bond acceptors (Lipinski definition) is 0. The summed E-state index contributed by atoms with van der Waals surface area (Å²) < 4.78 is 137. The molecule has 0 saturated heterocycles. The van der Waals surface area contributed by atoms with Gasteiger partial charge in [-0.25, -0.2) is 4.39 Å². The molecule has 0 aliphatic heterocycles. The second-order valence-electron chi connectivity index (χ2n) is 3.73. The Kier molecular flexibility index (Phi) is 45.5. The van der Waals surface area contributed by atoms with Gasteiger partial charge in [-0.2, -0.15) is 52.7 Å². The molecule has 0 atom stereocenters. The van der Waals surface area contributed by atoms with Gasteiger partial charge in [0.15, 0.2) is 6.67 Å². The summed E-state index contributed by atoms with van der Waals surface area (Å²) in [6, 6.07) is 0. The van der Waals surface area contributed by atoms with E-state index in [1.54, 1.807) is 0 Å². The van der Waals surface area contributed by atoms with Gasteiger partial charge < -0.3 is 0 Å². The van der Waals surface area contributed by atoms with Gasteiger partial charge >= 0.3 is 24.7 Å². The summed E-state index contributed by atoms with van der Waals surface area (Å²) in [6.45, 7) is -2.23. The van der Waals surface area contributed by atoms with E-state index in [-0.39, 0.29) is 13.9 Å². The second-order valence-corrected chi connectivity index (χ2v) is 8.61. The van der Waals surface area contributed by atoms with Gasteiger partial charge in [-0.05, 0) is 0 Å². The number of alkyl halides is 19. The Hall–Kier alpha value is 1.88. The molecule has 0 amide bonds. The van der Waals surface area contributed by atoms with E-state index in [0.717, 1.165) is 5.54 Å². The van der Waals surface area contributed by atoms with Crippen molar-refractivity contribution in [2.75, 3.05) is 12.6 Å². The predicted molar refractivity (Wildman–Crippen MR) is 119 cm³/mol. The highest BCUT2D eigenvalue weighted by Gasteiger charge is 2.51. The molecule has 0 aromatic heterocycles. The van der Waals surface area contributed by atoms with E-state index in [9.17, 15) is 57.1 Å². The normalized spacial score (nSPS) is 10.8. The molecule has 0 unspecified atom stereocenters. The summed E-state index contributed by atoms with van der Waals surface area (Å²) in [4.78, 5) is -2.26. The minimum atomic E-state index is -4.77. The van der Waals surface area contributed by atoms with Crippen LogP contribution in [0.5, 0.6) is 0 Å². The fourth-order valence-corrected chi connectivity index (χ4v) is 0. The maximum Gasteiger partial charge on any atom is 0.435 e. The van der Waals surface area contributed by atoms with Crippen molar-refractivity contribution in [2.45, 2.75) is 33.3 Å². The fraction of sp³-hybridized carbons (Fsp3) is 0.800. The van der Waals surface area contributed by atoms with E-state index in [0.29, 0.717) is 0 Å². The lowest BCUT2D eigenvalue weighted by atomic mass is 10.8. The summed E-state index contributed by atoms with van der Waals surface area (Å²) >= 11 is 41.2. The molecule has 0 aromatic carbocycles. The molecule has 0 aliphatic rings. The lowest BCUT2D eigenvalue weighted by molar-refractivity contribution is -0.142. The quantitative estimate of drug-likeness (QED) is 0.169. The zero-order chi connectivity index (χ0) is 29.8. The maximum atomic E-state index is 11.2. The van der Waals surface area contributed by atoms with Gasteiger partial charge in [0, 0.05) is 27.2 Å². The van der Waals surface area contributed by atoms with Crippen LogP contribution in [0.3, 0.4) is 0 Å². The molecular weight excluding hydrogens is 795 g/mol. The molecule has 0 heterocycles. The molecule has 0 rings (SSSR count). The van der Waals surface area contributed by atoms with E-state index in [1.165, 1.54) is 0 Å². The van der Waals surface area contributed by atoms with Gasteiger partial charge in [0.2, 0.25) is 4.84 Å². The topological polar surface area (TPSA) is 0 Å². The van der Waals surface area contributed by atoms with Crippen LogP contribution >= 0.6 is 126 Å². The van der Waals surface area contributed by atoms with Gasteiger partial charge in [0.25, 0.3) is 3.79 Å². The van der Waals surface area contributed by atoms with Crippen LogP contribution in [0.4, 0.5) is 66.5 Å². The van der Waals surface area contributed by atoms with Crippen molar-refractivity contribution in [3.63, 3.8) is 0 Å². The first kappa shape index (κ1) is 57.7. The largest absolute Gasteiger partial charge is 0.435 e. The van der Waals surface area contributed by atoms with Gasteiger partial charge in [-0.1, -0.05) is 92.8 Å². The Morgan fingerprint density at radius 1 is 0.694 bits per heavy atom. The highest BCUT2D eigenvalue weighted by Crippen LogP contribution is 2.42. The molecule has 0 nitrogen and oxygen atoms in total. The van der Waals surface area contributed by atoms with E-state index in [2.05, 4.69) is 91.3 Å². The Balaban J connectivity index is -0.0000000443. The molecule has 0 bridgehead atoms. The summed E-state index contributed by atoms with van der Waals surface area (Å²) in [5.41, 5.74) is 1.09. The van der Waals surface area contributed by atoms with Gasteiger partial charge in [0.05, 0.1) is 0 Å². The number of rotatable bonds is 0. The van der Waals surface area contributed by atoms with Gasteiger partial charge in [-0.15, -0.1) is 11.6 Å². The average molecular weight is 803 g/mol. The molecular formula is C10H8Cl11F15. The smallest absolute Gasteiger partial charge is 0.269 e. The zero-order valence-electron chi connectivity index (χ0n) is 15.5. The van der Waals surface area contributed by atoms with Crippen molar-refractivity contribution in [3.8, 4) is 0 Å². The van der Waals surface area contributed by atoms with E-state index >= 15 is 0 Å². The Morgan fingerprint density at radius 2 is 0.833 bits per heavy atom. The Labute approximate surface area is 247 Å². The van der Waals surface area contributed by atoms with Crippen LogP contribution in [-0.4, -0.2) is 45.9 Å². The average Bonchev–Trinajstić information content (AvgIpc) is 2.61. The molecule has 0 saturated carbocycles. The van der Waals surface area contributed by atoms with E-state index in [1.807, 2.05) is 0 Å². The molecule has 0 aromatic rings. The zero-order valence-corrected chi connectivity index (χ0v) is 23.8. The molecule has 36 heavy (non-hydrogen) atoms. The fourth-order valence-electron chi connectivity index (χ4n) is 0. The van der Waals surface area contributed by atoms with Crippen molar-refractivity contribution < 1.29 is 66.5 Å². The van der Waals surface area contributed by atoms with Gasteiger partial charge in [-0.3, -0.25) is 9.41 Å². The molecule has 0 N–H and O–H groups in total. The van der Waals surface area contributed by atoms with Gasteiger partial charge in [0.1, 0.15) is 10.4 Å². The van der Waals surface area contributed by atoms with Crippen LogP contribution in [0.25, 0.3) is 0 Å². The van der Waals surface area contributed by atoms with E-state index in [4.69, 9.17) is 34.8 Å². The minimum absolute atomic E-state index is 0. The number of hydrogen-bond donors (Lipinski definition) is 0. The summed E-state index contributed by atoms with van der Waals surface area (Å²) in [5.74, 6) is -1.26. The molecule has 0 spiro atoms. The molecule has 0 aliphatic carbocycles. The SMILES string of the molecule is ClC=C(Cl)Cl.ClCl.F.F.FC(F)(F)C(Cl)(Cl)Cl.FC(F)(F)C(Cl)Cl.FC(F)(F)CCl.FCC(F)(F)F. The highest BCUT2D eigenvalue weighted by atomic mass is 36.5. The van der Waals surface area contributed by atoms with Crippen LogP contribution in [0.1, 0.15) is 0 Å². The third-order valence-corrected chi connectivity index (χ3v) is 3.05. The van der Waals surface area contributed by atoms with Crippen molar-refractivity contribution in [3.05, 3.63) is 10.0 Å². The Morgan fingerprint density at radius 3 is 0.833 bits per heavy atom. The van der Waals surface area contributed by atoms with Crippen LogP contribution in [-0.2, 0) is 0 Å². The van der Waals surface area contributed by atoms with Crippen molar-refractivity contribution in [1.29, 1.82) is 0 Å². The number of halogens is 26. The third kappa shape index (κ3) is 70.5. The van der Waals surface area contributed by atoms with E-state index < -0.39 is 45.9 Å². The maximum absolute atomic E-state index is 11.2. The highest BCUT2D eigenvalue weighted by molar-refractivity contribution is 6.85. The van der Waals surface area contributed by atoms with Crippen LogP contribution in [0.15, 0.2) is 10.0 Å². The first-order chi connectivity index (χ1) is 14.6. The standard InChI is InChI=1S/C2Cl3F3.C2HCl3.C2HCl2F3.C2H2ClF3.C2H2F4.Cl2.2FH/c3-1(4,5)2(6,7)8;3-1-2(4)5;3-1(4)2(5,6)7;2*3-1-2(4,5)6;1-2;;/h;1H;1H;2*1H2;;2*1H. The molecule has 0 radical (unpaired) electrons. The predicted octanol–water partition coefficient (Wildman–Crippen LogP) is 12.8. The van der Waals surface area contributed by atoms with Crippen LogP contribution in [0.2, 0.25) is 0 Å². The second kappa shape index (κ2) is 28.4. The lowest BCUT2D eigenvalue weighted by Crippen LogP contribution is -2.27. The third-order valence-electron chi connectivity index (χ3n) is 0.954. The first-order valence-electron chi connectivity index (χ1n) is 6.08. The van der Waals surface area contributed by atoms with Crippen LogP contribution in [0, 0.1) is 0 Å². The first-order valence-corrected chi connectivity index (χ1v) is 11.0. The minimum Gasteiger partial charge on any atom is -0.269 e. The Bertz CT molecular complexity index is 437.